The lowest BCUT2D eigenvalue weighted by Crippen LogP contribution is -2.38. The van der Waals surface area contributed by atoms with Crippen LogP contribution in [0.1, 0.15) is 45.8 Å². The quantitative estimate of drug-likeness (QED) is 0.352. The number of ether oxygens (including phenoxy) is 1. The van der Waals surface area contributed by atoms with Crippen LogP contribution in [0.3, 0.4) is 0 Å². The van der Waals surface area contributed by atoms with Gasteiger partial charge in [-0.05, 0) is 66.9 Å². The Hall–Kier alpha value is -3.55. The van der Waals surface area contributed by atoms with Crippen LogP contribution in [0, 0.1) is 0 Å². The van der Waals surface area contributed by atoms with Gasteiger partial charge in [-0.2, -0.15) is 0 Å². The number of methoxy groups -OCH3 is 1. The monoisotopic (exact) mass is 512 g/mol. The highest BCUT2D eigenvalue weighted by Gasteiger charge is 2.36. The van der Waals surface area contributed by atoms with E-state index in [4.69, 9.17) is 4.74 Å². The predicted octanol–water partition coefficient (Wildman–Crippen LogP) is 6.23. The maximum atomic E-state index is 14.2. The summed E-state index contributed by atoms with van der Waals surface area (Å²) < 4.78 is 7.73. The number of anilines is 1. The first kappa shape index (κ1) is 23.8. The molecule has 7 heteroatoms. The van der Waals surface area contributed by atoms with Crippen molar-refractivity contribution in [3.63, 3.8) is 0 Å². The van der Waals surface area contributed by atoms with Crippen molar-refractivity contribution in [3.05, 3.63) is 99.7 Å². The van der Waals surface area contributed by atoms with Crippen LogP contribution < -0.4 is 10.1 Å². The van der Waals surface area contributed by atoms with Crippen molar-refractivity contribution in [1.82, 2.24) is 14.4 Å². The van der Waals surface area contributed by atoms with Crippen LogP contribution in [0.5, 0.6) is 5.75 Å². The number of hydrogen-bond acceptors (Lipinski definition) is 4. The summed E-state index contributed by atoms with van der Waals surface area (Å²) in [7, 11) is 3.86. The summed E-state index contributed by atoms with van der Waals surface area (Å²) in [6.45, 7) is 4.67. The van der Waals surface area contributed by atoms with Crippen molar-refractivity contribution in [1.29, 1.82) is 0 Å². The maximum Gasteiger partial charge on any atom is 0.322 e. The van der Waals surface area contributed by atoms with Gasteiger partial charge in [-0.3, -0.25) is 0 Å². The second-order valence-corrected chi connectivity index (χ2v) is 10.9. The third kappa shape index (κ3) is 4.22. The molecule has 2 amide bonds. The average molecular weight is 513 g/mol. The zero-order valence-corrected chi connectivity index (χ0v) is 22.3. The van der Waals surface area contributed by atoms with Crippen LogP contribution in [0.15, 0.2) is 66.9 Å². The number of thiophene rings is 1. The fourth-order valence-corrected chi connectivity index (χ4v) is 7.07. The number of para-hydroxylation sites is 1. The van der Waals surface area contributed by atoms with Gasteiger partial charge < -0.3 is 24.4 Å². The van der Waals surface area contributed by atoms with Crippen LogP contribution in [-0.4, -0.2) is 41.1 Å². The van der Waals surface area contributed by atoms with Gasteiger partial charge in [0.15, 0.2) is 0 Å². The van der Waals surface area contributed by atoms with Gasteiger partial charge in [0.1, 0.15) is 10.8 Å². The van der Waals surface area contributed by atoms with E-state index in [2.05, 4.69) is 65.3 Å². The topological polar surface area (TPSA) is 49.7 Å². The van der Waals surface area contributed by atoms with Gasteiger partial charge in [0.05, 0.1) is 25.4 Å². The Balaban J connectivity index is 1.49. The van der Waals surface area contributed by atoms with Crippen molar-refractivity contribution >= 4 is 23.1 Å². The van der Waals surface area contributed by atoms with E-state index in [9.17, 15) is 4.79 Å². The van der Waals surface area contributed by atoms with Crippen molar-refractivity contribution < 1.29 is 9.53 Å². The zero-order chi connectivity index (χ0) is 25.5. The van der Waals surface area contributed by atoms with Crippen LogP contribution in [0.2, 0.25) is 0 Å². The summed E-state index contributed by atoms with van der Waals surface area (Å²) in [5, 5.41) is 4.50. The lowest BCUT2D eigenvalue weighted by atomic mass is 10.00. The second kappa shape index (κ2) is 9.72. The largest absolute Gasteiger partial charge is 0.497 e. The molecule has 0 fully saturated rings. The molecule has 1 atom stereocenters. The van der Waals surface area contributed by atoms with Crippen LogP contribution in [-0.2, 0) is 25.9 Å². The van der Waals surface area contributed by atoms with Gasteiger partial charge in [0, 0.05) is 35.4 Å². The fraction of sp³-hybridized carbons (Fsp3) is 0.300. The number of urea groups is 1. The van der Waals surface area contributed by atoms with Gasteiger partial charge in [-0.1, -0.05) is 37.3 Å². The van der Waals surface area contributed by atoms with Crippen molar-refractivity contribution in [3.8, 4) is 10.8 Å². The Morgan fingerprint density at radius 3 is 2.65 bits per heavy atom. The lowest BCUT2D eigenvalue weighted by Gasteiger charge is -2.32. The molecule has 6 rings (SSSR count). The number of carbonyl (C=O) groups is 1. The number of aryl methyl sites for hydroxylation is 1. The van der Waals surface area contributed by atoms with Crippen molar-refractivity contribution in [2.45, 2.75) is 38.9 Å². The van der Waals surface area contributed by atoms with E-state index in [-0.39, 0.29) is 12.1 Å². The Morgan fingerprint density at radius 2 is 1.86 bits per heavy atom. The van der Waals surface area contributed by atoms with E-state index in [1.54, 1.807) is 7.11 Å². The summed E-state index contributed by atoms with van der Waals surface area (Å²) in [6.07, 6.45) is 4.01. The molecule has 6 nitrogen and oxygen atoms in total. The molecule has 4 heterocycles. The molecule has 4 aromatic rings. The number of hydrogen-bond donors (Lipinski definition) is 1. The van der Waals surface area contributed by atoms with Gasteiger partial charge in [-0.25, -0.2) is 4.79 Å². The van der Waals surface area contributed by atoms with Crippen LogP contribution in [0.4, 0.5) is 10.5 Å². The molecule has 2 aliphatic heterocycles. The molecule has 2 aromatic carbocycles. The molecular formula is C30H32N4O2S. The van der Waals surface area contributed by atoms with Crippen LogP contribution in [0.25, 0.3) is 5.00 Å². The molecule has 0 saturated carbocycles. The van der Waals surface area contributed by atoms with E-state index in [1.807, 2.05) is 46.6 Å². The highest BCUT2D eigenvalue weighted by Crippen LogP contribution is 2.43. The normalized spacial score (nSPS) is 16.9. The average Bonchev–Trinajstić information content (AvgIpc) is 3.50. The number of nitrogens with zero attached hydrogens (tertiary/aromatic N) is 3. The predicted molar refractivity (Wildman–Crippen MR) is 149 cm³/mol. The highest BCUT2D eigenvalue weighted by atomic mass is 32.1. The molecule has 0 radical (unpaired) electrons. The number of benzene rings is 2. The Bertz CT molecular complexity index is 1440. The molecule has 0 saturated heterocycles. The Morgan fingerprint density at radius 1 is 1.05 bits per heavy atom. The molecular weight excluding hydrogens is 480 g/mol. The van der Waals surface area contributed by atoms with E-state index < -0.39 is 0 Å². The number of amides is 2. The highest BCUT2D eigenvalue weighted by molar-refractivity contribution is 7.15. The zero-order valence-electron chi connectivity index (χ0n) is 21.5. The molecule has 0 aliphatic carbocycles. The maximum absolute atomic E-state index is 14.2. The van der Waals surface area contributed by atoms with E-state index >= 15 is 0 Å². The third-order valence-corrected chi connectivity index (χ3v) is 8.85. The summed E-state index contributed by atoms with van der Waals surface area (Å²) in [5.74, 6) is 0.804. The molecule has 0 spiro atoms. The van der Waals surface area contributed by atoms with Crippen molar-refractivity contribution in [2.75, 3.05) is 26.0 Å². The second-order valence-electron chi connectivity index (χ2n) is 9.82. The summed E-state index contributed by atoms with van der Waals surface area (Å²) in [5.41, 5.74) is 6.85. The number of aromatic nitrogens is 1. The van der Waals surface area contributed by atoms with Gasteiger partial charge in [0.2, 0.25) is 0 Å². The molecule has 2 aliphatic rings. The summed E-state index contributed by atoms with van der Waals surface area (Å²) in [4.78, 5) is 20.0. The molecule has 0 bridgehead atoms. The lowest BCUT2D eigenvalue weighted by molar-refractivity contribution is 0.194. The van der Waals surface area contributed by atoms with Crippen molar-refractivity contribution in [2.24, 2.45) is 0 Å². The minimum Gasteiger partial charge on any atom is -0.497 e. The first-order valence-electron chi connectivity index (χ1n) is 12.9. The number of fused-ring (bicyclic) bond motifs is 5. The number of likely N-dealkylation sites (N-methyl/N-ethyl adjacent to an activating group) is 1. The fourth-order valence-electron chi connectivity index (χ4n) is 5.63. The number of rotatable bonds is 4. The number of nitrogens with one attached hydrogen (secondary N) is 1. The van der Waals surface area contributed by atoms with E-state index in [0.717, 1.165) is 54.2 Å². The molecule has 190 valence electrons. The first-order valence-corrected chi connectivity index (χ1v) is 13.7. The Labute approximate surface area is 222 Å². The first-order chi connectivity index (χ1) is 18.1. The molecule has 1 N–H and O–H groups in total. The van der Waals surface area contributed by atoms with Gasteiger partial charge in [0.25, 0.3) is 0 Å². The number of carbonyl (C=O) groups excluding carboxylic acids is 1. The van der Waals surface area contributed by atoms with E-state index in [1.165, 1.54) is 21.0 Å². The minimum atomic E-state index is -0.240. The Kier molecular flexibility index (Phi) is 6.26. The summed E-state index contributed by atoms with van der Waals surface area (Å²) >= 11 is 1.87. The van der Waals surface area contributed by atoms with Crippen LogP contribution >= 0.6 is 11.3 Å². The molecule has 2 aromatic heterocycles. The third-order valence-electron chi connectivity index (χ3n) is 7.59. The molecule has 1 unspecified atom stereocenters. The van der Waals surface area contributed by atoms with E-state index in [0.29, 0.717) is 6.54 Å². The molecule has 37 heavy (non-hydrogen) atoms. The standard InChI is InChI=1S/C30H32N4O2S/c1-4-20-8-5-6-9-25(20)31-30(35)34-18-24-23-15-17-32(2)19-27(23)37-29(24)33-16-7-10-26(33)28(34)21-11-13-22(36-3)14-12-21/h5-14,16,28H,4,15,17-19H2,1-3H3,(H,31,35). The SMILES string of the molecule is CCc1ccccc1NC(=O)N1Cc2c(sc3c2CCN(C)C3)-n2cccc2C1c1ccc(OC)cc1. The van der Waals surface area contributed by atoms with Gasteiger partial charge in [-0.15, -0.1) is 11.3 Å². The smallest absolute Gasteiger partial charge is 0.322 e. The minimum absolute atomic E-state index is 0.0878. The summed E-state index contributed by atoms with van der Waals surface area (Å²) in [6, 6.07) is 20.1. The van der Waals surface area contributed by atoms with Gasteiger partial charge >= 0.3 is 6.03 Å².